The second kappa shape index (κ2) is 6.14. The summed E-state index contributed by atoms with van der Waals surface area (Å²) in [4.78, 5) is 10.8. The molecule has 0 spiro atoms. The quantitative estimate of drug-likeness (QED) is 0.683. The highest BCUT2D eigenvalue weighted by molar-refractivity contribution is 7.84. The Morgan fingerprint density at radius 2 is 1.93 bits per heavy atom. The summed E-state index contributed by atoms with van der Waals surface area (Å²) in [5, 5.41) is 11.8. The molecule has 0 aromatic rings. The number of hydrogen-bond donors (Lipinski definition) is 2. The molecule has 0 amide bonds. The molecule has 0 fully saturated rings. The van der Waals surface area contributed by atoms with Crippen molar-refractivity contribution < 1.29 is 14.1 Å². The monoisotopic (exact) mass is 221 g/mol. The standard InChI is InChI=1S/C9H19NO3S/c1-6(2)8(9(11)12)10-7(3)5-14(4)13/h6-8,10H,5H2,1-4H3,(H,11,12). The molecule has 0 aliphatic heterocycles. The normalized spacial score (nSPS) is 17.8. The van der Waals surface area contributed by atoms with Gasteiger partial charge in [-0.1, -0.05) is 13.8 Å². The predicted octanol–water partition coefficient (Wildman–Crippen LogP) is 0.452. The van der Waals surface area contributed by atoms with Gasteiger partial charge < -0.3 is 10.4 Å². The second-order valence-corrected chi connectivity index (χ2v) is 5.35. The molecule has 0 aliphatic carbocycles. The summed E-state index contributed by atoms with van der Waals surface area (Å²) in [6, 6.07) is -0.599. The average molecular weight is 221 g/mol. The maximum Gasteiger partial charge on any atom is 0.320 e. The van der Waals surface area contributed by atoms with E-state index in [0.717, 1.165) is 0 Å². The van der Waals surface area contributed by atoms with Crippen LogP contribution in [0, 0.1) is 5.92 Å². The fourth-order valence-electron chi connectivity index (χ4n) is 1.26. The number of rotatable bonds is 6. The van der Waals surface area contributed by atoms with Crippen LogP contribution in [-0.4, -0.2) is 39.4 Å². The maximum atomic E-state index is 10.9. The van der Waals surface area contributed by atoms with Crippen molar-refractivity contribution >= 4 is 16.8 Å². The molecule has 3 atom stereocenters. The van der Waals surface area contributed by atoms with Crippen LogP contribution in [-0.2, 0) is 15.6 Å². The maximum absolute atomic E-state index is 10.9. The van der Waals surface area contributed by atoms with Gasteiger partial charge in [0, 0.05) is 28.9 Å². The van der Waals surface area contributed by atoms with Gasteiger partial charge in [-0.25, -0.2) is 0 Å². The molecule has 0 saturated carbocycles. The summed E-state index contributed by atoms with van der Waals surface area (Å²) in [5.74, 6) is -0.342. The molecule has 0 aliphatic rings. The van der Waals surface area contributed by atoms with Gasteiger partial charge in [-0.3, -0.25) is 9.00 Å². The van der Waals surface area contributed by atoms with Gasteiger partial charge in [0.25, 0.3) is 0 Å². The van der Waals surface area contributed by atoms with Crippen molar-refractivity contribution in [2.24, 2.45) is 5.92 Å². The predicted molar refractivity (Wildman–Crippen MR) is 57.8 cm³/mol. The molecule has 14 heavy (non-hydrogen) atoms. The Labute approximate surface area is 87.5 Å². The molecule has 0 rings (SSSR count). The molecular formula is C9H19NO3S. The van der Waals surface area contributed by atoms with E-state index in [4.69, 9.17) is 5.11 Å². The van der Waals surface area contributed by atoms with Crippen molar-refractivity contribution in [3.63, 3.8) is 0 Å². The fourth-order valence-corrected chi connectivity index (χ4v) is 2.06. The van der Waals surface area contributed by atoms with Crippen LogP contribution in [0.4, 0.5) is 0 Å². The molecule has 3 unspecified atom stereocenters. The first-order chi connectivity index (χ1) is 6.34. The van der Waals surface area contributed by atoms with Gasteiger partial charge in [0.2, 0.25) is 0 Å². The Morgan fingerprint density at radius 3 is 2.21 bits per heavy atom. The van der Waals surface area contributed by atoms with Crippen molar-refractivity contribution in [1.29, 1.82) is 0 Å². The highest BCUT2D eigenvalue weighted by Crippen LogP contribution is 2.03. The fraction of sp³-hybridized carbons (Fsp3) is 0.889. The van der Waals surface area contributed by atoms with Crippen molar-refractivity contribution in [3.8, 4) is 0 Å². The molecule has 5 heteroatoms. The number of aliphatic carboxylic acids is 1. The highest BCUT2D eigenvalue weighted by atomic mass is 32.2. The zero-order valence-corrected chi connectivity index (χ0v) is 9.93. The largest absolute Gasteiger partial charge is 0.480 e. The van der Waals surface area contributed by atoms with Crippen LogP contribution in [0.5, 0.6) is 0 Å². The van der Waals surface area contributed by atoms with Crippen molar-refractivity contribution in [2.75, 3.05) is 12.0 Å². The van der Waals surface area contributed by atoms with Crippen LogP contribution in [0.1, 0.15) is 20.8 Å². The third-order valence-electron chi connectivity index (χ3n) is 1.88. The molecule has 0 saturated heterocycles. The first kappa shape index (κ1) is 13.6. The lowest BCUT2D eigenvalue weighted by Gasteiger charge is -2.22. The van der Waals surface area contributed by atoms with E-state index in [-0.39, 0.29) is 12.0 Å². The molecule has 0 heterocycles. The topological polar surface area (TPSA) is 66.4 Å². The van der Waals surface area contributed by atoms with Crippen molar-refractivity contribution in [3.05, 3.63) is 0 Å². The first-order valence-corrected chi connectivity index (χ1v) is 6.36. The van der Waals surface area contributed by atoms with Crippen LogP contribution in [0.15, 0.2) is 0 Å². The van der Waals surface area contributed by atoms with Gasteiger partial charge in [-0.15, -0.1) is 0 Å². The second-order valence-electron chi connectivity index (χ2n) is 3.87. The zero-order chi connectivity index (χ0) is 11.3. The number of nitrogens with one attached hydrogen (secondary N) is 1. The van der Waals surface area contributed by atoms with Crippen molar-refractivity contribution in [2.45, 2.75) is 32.9 Å². The van der Waals surface area contributed by atoms with Gasteiger partial charge in [-0.05, 0) is 12.8 Å². The Hall–Kier alpha value is -0.420. The summed E-state index contributed by atoms with van der Waals surface area (Å²) < 4.78 is 10.9. The zero-order valence-electron chi connectivity index (χ0n) is 9.11. The molecular weight excluding hydrogens is 202 g/mol. The average Bonchev–Trinajstić information content (AvgIpc) is 1.97. The van der Waals surface area contributed by atoms with Crippen LogP contribution < -0.4 is 5.32 Å². The molecule has 0 aromatic carbocycles. The van der Waals surface area contributed by atoms with Gasteiger partial charge >= 0.3 is 5.97 Å². The molecule has 0 aromatic heterocycles. The van der Waals surface area contributed by atoms with Crippen LogP contribution in [0.3, 0.4) is 0 Å². The van der Waals surface area contributed by atoms with E-state index in [9.17, 15) is 9.00 Å². The number of hydrogen-bond acceptors (Lipinski definition) is 3. The minimum atomic E-state index is -0.894. The smallest absolute Gasteiger partial charge is 0.320 e. The molecule has 0 radical (unpaired) electrons. The highest BCUT2D eigenvalue weighted by Gasteiger charge is 2.22. The van der Waals surface area contributed by atoms with E-state index in [1.54, 1.807) is 6.26 Å². The van der Waals surface area contributed by atoms with Gasteiger partial charge in [-0.2, -0.15) is 0 Å². The van der Waals surface area contributed by atoms with E-state index in [1.807, 2.05) is 20.8 Å². The summed E-state index contributed by atoms with van der Waals surface area (Å²) in [6.07, 6.45) is 1.61. The van der Waals surface area contributed by atoms with E-state index < -0.39 is 22.8 Å². The lowest BCUT2D eigenvalue weighted by Crippen LogP contribution is -2.47. The lowest BCUT2D eigenvalue weighted by molar-refractivity contribution is -0.140. The molecule has 84 valence electrons. The molecule has 4 nitrogen and oxygen atoms in total. The van der Waals surface area contributed by atoms with Gasteiger partial charge in [0.15, 0.2) is 0 Å². The third kappa shape index (κ3) is 5.34. The number of carboxylic acid groups (broad SMARTS) is 1. The number of carbonyl (C=O) groups is 1. The van der Waals surface area contributed by atoms with E-state index >= 15 is 0 Å². The number of carboxylic acids is 1. The van der Waals surface area contributed by atoms with E-state index in [1.165, 1.54) is 0 Å². The van der Waals surface area contributed by atoms with Crippen LogP contribution in [0.25, 0.3) is 0 Å². The Morgan fingerprint density at radius 1 is 1.43 bits per heavy atom. The molecule has 2 N–H and O–H groups in total. The summed E-state index contributed by atoms with van der Waals surface area (Å²) >= 11 is 0. The van der Waals surface area contributed by atoms with Crippen LogP contribution >= 0.6 is 0 Å². The Balaban J connectivity index is 4.16. The van der Waals surface area contributed by atoms with E-state index in [2.05, 4.69) is 5.32 Å². The summed E-state index contributed by atoms with van der Waals surface area (Å²) in [7, 11) is -0.894. The lowest BCUT2D eigenvalue weighted by atomic mass is 10.0. The Bertz CT molecular complexity index is 218. The van der Waals surface area contributed by atoms with Gasteiger partial charge in [0.05, 0.1) is 0 Å². The SMILES string of the molecule is CC(CS(C)=O)NC(C(=O)O)C(C)C. The first-order valence-electron chi connectivity index (χ1n) is 4.63. The van der Waals surface area contributed by atoms with Crippen molar-refractivity contribution in [1.82, 2.24) is 5.32 Å². The van der Waals surface area contributed by atoms with E-state index in [0.29, 0.717) is 5.75 Å². The third-order valence-corrected chi connectivity index (χ3v) is 2.85. The van der Waals surface area contributed by atoms with Crippen LogP contribution in [0.2, 0.25) is 0 Å². The Kier molecular flexibility index (Phi) is 5.95. The minimum absolute atomic E-state index is 0.0280. The van der Waals surface area contributed by atoms with Gasteiger partial charge in [0.1, 0.15) is 6.04 Å². The molecule has 0 bridgehead atoms. The summed E-state index contributed by atoms with van der Waals surface area (Å²) in [5.41, 5.74) is 0. The minimum Gasteiger partial charge on any atom is -0.480 e. The summed E-state index contributed by atoms with van der Waals surface area (Å²) in [6.45, 7) is 5.54.